The minimum Gasteiger partial charge on any atom is -0.396 e. The molecule has 0 aliphatic heterocycles. The van der Waals surface area contributed by atoms with Gasteiger partial charge in [-0.1, -0.05) is 13.3 Å². The summed E-state index contributed by atoms with van der Waals surface area (Å²) in [6.45, 7) is 5.44. The lowest BCUT2D eigenvalue weighted by atomic mass is 10.2. The first-order valence-corrected chi connectivity index (χ1v) is 6.87. The van der Waals surface area contributed by atoms with Crippen LogP contribution in [-0.4, -0.2) is 24.0 Å². The van der Waals surface area contributed by atoms with E-state index in [-0.39, 0.29) is 5.91 Å². The molecule has 1 heterocycles. The van der Waals surface area contributed by atoms with Crippen molar-refractivity contribution in [2.45, 2.75) is 39.5 Å². The Kier molecular flexibility index (Phi) is 6.71. The zero-order valence-electron chi connectivity index (χ0n) is 11.8. The number of amides is 1. The third kappa shape index (κ3) is 6.08. The second-order valence-electron chi connectivity index (χ2n) is 4.62. The Hall–Kier alpha value is -1.78. The number of carbonyl (C=O) groups excluding carboxylic acids is 1. The van der Waals surface area contributed by atoms with Gasteiger partial charge < -0.3 is 16.4 Å². The van der Waals surface area contributed by atoms with Crippen molar-refractivity contribution in [2.24, 2.45) is 0 Å². The first-order valence-electron chi connectivity index (χ1n) is 6.87. The number of hydrogen-bond donors (Lipinski definition) is 3. The second kappa shape index (κ2) is 8.34. The van der Waals surface area contributed by atoms with E-state index in [4.69, 9.17) is 5.73 Å². The summed E-state index contributed by atoms with van der Waals surface area (Å²) < 4.78 is 0. The normalized spacial score (nSPS) is 10.2. The standard InChI is InChI=1S/C14H24N4O/c1-3-4-6-13(19)16-9-5-10-17-14-12(15)8-7-11(2)18-14/h7-8H,3-6,9-10,15H2,1-2H3,(H,16,19)(H,17,18). The van der Waals surface area contributed by atoms with Crippen LogP contribution >= 0.6 is 0 Å². The van der Waals surface area contributed by atoms with Crippen LogP contribution in [0.15, 0.2) is 12.1 Å². The monoisotopic (exact) mass is 264 g/mol. The number of hydrogen-bond acceptors (Lipinski definition) is 4. The fourth-order valence-corrected chi connectivity index (χ4v) is 1.66. The van der Waals surface area contributed by atoms with Gasteiger partial charge in [-0.15, -0.1) is 0 Å². The summed E-state index contributed by atoms with van der Waals surface area (Å²) >= 11 is 0. The molecule has 0 atom stereocenters. The Labute approximate surface area is 115 Å². The molecule has 0 bridgehead atoms. The number of rotatable bonds is 8. The summed E-state index contributed by atoms with van der Waals surface area (Å²) in [6.07, 6.45) is 3.48. The average Bonchev–Trinajstić information content (AvgIpc) is 2.39. The summed E-state index contributed by atoms with van der Waals surface area (Å²) in [5, 5.41) is 6.08. The molecule has 0 fully saturated rings. The van der Waals surface area contributed by atoms with Crippen molar-refractivity contribution >= 4 is 17.4 Å². The van der Waals surface area contributed by atoms with Gasteiger partial charge in [-0.25, -0.2) is 4.98 Å². The lowest BCUT2D eigenvalue weighted by Gasteiger charge is -2.09. The molecule has 0 aliphatic rings. The average molecular weight is 264 g/mol. The molecular weight excluding hydrogens is 240 g/mol. The summed E-state index contributed by atoms with van der Waals surface area (Å²) in [4.78, 5) is 15.7. The van der Waals surface area contributed by atoms with E-state index in [1.807, 2.05) is 19.1 Å². The van der Waals surface area contributed by atoms with Crippen molar-refractivity contribution in [3.63, 3.8) is 0 Å². The Balaban J connectivity index is 2.17. The van der Waals surface area contributed by atoms with Crippen LogP contribution in [0.5, 0.6) is 0 Å². The van der Waals surface area contributed by atoms with Gasteiger partial charge in [0, 0.05) is 25.2 Å². The molecule has 0 spiro atoms. The smallest absolute Gasteiger partial charge is 0.219 e. The summed E-state index contributed by atoms with van der Waals surface area (Å²) in [5.74, 6) is 0.854. The molecule has 0 saturated heterocycles. The van der Waals surface area contributed by atoms with Gasteiger partial charge in [0.05, 0.1) is 5.69 Å². The third-order valence-electron chi connectivity index (χ3n) is 2.79. The van der Waals surface area contributed by atoms with Gasteiger partial charge in [0.25, 0.3) is 0 Å². The maximum absolute atomic E-state index is 11.4. The number of nitrogens with one attached hydrogen (secondary N) is 2. The van der Waals surface area contributed by atoms with E-state index >= 15 is 0 Å². The molecule has 1 rings (SSSR count). The van der Waals surface area contributed by atoms with Gasteiger partial charge in [-0.2, -0.15) is 0 Å². The van der Waals surface area contributed by atoms with Crippen LogP contribution in [0.4, 0.5) is 11.5 Å². The number of carbonyl (C=O) groups is 1. The van der Waals surface area contributed by atoms with Crippen LogP contribution in [0.3, 0.4) is 0 Å². The highest BCUT2D eigenvalue weighted by atomic mass is 16.1. The zero-order valence-corrected chi connectivity index (χ0v) is 11.8. The highest BCUT2D eigenvalue weighted by Crippen LogP contribution is 2.14. The largest absolute Gasteiger partial charge is 0.396 e. The first-order chi connectivity index (χ1) is 9.13. The number of nitrogen functional groups attached to an aromatic ring is 1. The van der Waals surface area contributed by atoms with E-state index in [2.05, 4.69) is 22.5 Å². The van der Waals surface area contributed by atoms with Crippen LogP contribution in [0, 0.1) is 6.92 Å². The molecule has 106 valence electrons. The number of nitrogens with two attached hydrogens (primary N) is 1. The number of unbranched alkanes of at least 4 members (excludes halogenated alkanes) is 1. The van der Waals surface area contributed by atoms with Gasteiger partial charge in [-0.3, -0.25) is 4.79 Å². The van der Waals surface area contributed by atoms with E-state index in [0.29, 0.717) is 18.7 Å². The van der Waals surface area contributed by atoms with Gasteiger partial charge in [0.2, 0.25) is 5.91 Å². The van der Waals surface area contributed by atoms with Gasteiger partial charge in [0.15, 0.2) is 0 Å². The van der Waals surface area contributed by atoms with E-state index < -0.39 is 0 Å². The van der Waals surface area contributed by atoms with Gasteiger partial charge in [0.1, 0.15) is 5.82 Å². The lowest BCUT2D eigenvalue weighted by molar-refractivity contribution is -0.121. The van der Waals surface area contributed by atoms with Crippen molar-refractivity contribution < 1.29 is 4.79 Å². The second-order valence-corrected chi connectivity index (χ2v) is 4.62. The highest BCUT2D eigenvalue weighted by Gasteiger charge is 2.01. The van der Waals surface area contributed by atoms with E-state index in [1.54, 1.807) is 0 Å². The third-order valence-corrected chi connectivity index (χ3v) is 2.79. The summed E-state index contributed by atoms with van der Waals surface area (Å²) in [5.41, 5.74) is 7.40. The quantitative estimate of drug-likeness (QED) is 0.628. The molecule has 5 nitrogen and oxygen atoms in total. The van der Waals surface area contributed by atoms with Crippen LogP contribution in [-0.2, 0) is 4.79 Å². The molecule has 5 heteroatoms. The predicted octanol–water partition coefficient (Wildman–Crippen LogP) is 2.08. The fourth-order valence-electron chi connectivity index (χ4n) is 1.66. The Morgan fingerprint density at radius 2 is 2.11 bits per heavy atom. The predicted molar refractivity (Wildman–Crippen MR) is 79.0 cm³/mol. The molecule has 0 aliphatic carbocycles. The minimum atomic E-state index is 0.134. The van der Waals surface area contributed by atoms with Crippen molar-refractivity contribution in [3.05, 3.63) is 17.8 Å². The van der Waals surface area contributed by atoms with Gasteiger partial charge in [-0.05, 0) is 31.9 Å². The molecule has 0 aromatic carbocycles. The first kappa shape index (κ1) is 15.3. The molecule has 1 aromatic heterocycles. The van der Waals surface area contributed by atoms with Crippen molar-refractivity contribution in [2.75, 3.05) is 24.1 Å². The molecular formula is C14H24N4O. The van der Waals surface area contributed by atoms with E-state index in [0.717, 1.165) is 37.3 Å². The number of aryl methyl sites for hydroxylation is 1. The van der Waals surface area contributed by atoms with Crippen LogP contribution in [0.25, 0.3) is 0 Å². The summed E-state index contributed by atoms with van der Waals surface area (Å²) in [6, 6.07) is 3.73. The topological polar surface area (TPSA) is 80.0 Å². The number of anilines is 2. The Morgan fingerprint density at radius 1 is 1.32 bits per heavy atom. The highest BCUT2D eigenvalue weighted by molar-refractivity contribution is 5.75. The molecule has 4 N–H and O–H groups in total. The molecule has 1 aromatic rings. The molecule has 0 radical (unpaired) electrons. The molecule has 1 amide bonds. The number of aromatic nitrogens is 1. The van der Waals surface area contributed by atoms with E-state index in [9.17, 15) is 4.79 Å². The molecule has 19 heavy (non-hydrogen) atoms. The maximum atomic E-state index is 11.4. The van der Waals surface area contributed by atoms with E-state index in [1.165, 1.54) is 0 Å². The fraction of sp³-hybridized carbons (Fsp3) is 0.571. The van der Waals surface area contributed by atoms with Crippen molar-refractivity contribution in [1.29, 1.82) is 0 Å². The minimum absolute atomic E-state index is 0.134. The maximum Gasteiger partial charge on any atom is 0.219 e. The van der Waals surface area contributed by atoms with Crippen LogP contribution in [0.1, 0.15) is 38.3 Å². The number of pyridine rings is 1. The van der Waals surface area contributed by atoms with Crippen LogP contribution < -0.4 is 16.4 Å². The van der Waals surface area contributed by atoms with Crippen molar-refractivity contribution in [1.82, 2.24) is 10.3 Å². The Morgan fingerprint density at radius 3 is 2.84 bits per heavy atom. The summed E-state index contributed by atoms with van der Waals surface area (Å²) in [7, 11) is 0. The lowest BCUT2D eigenvalue weighted by Crippen LogP contribution is -2.25. The zero-order chi connectivity index (χ0) is 14.1. The molecule has 0 unspecified atom stereocenters. The Bertz CT molecular complexity index is 406. The molecule has 0 saturated carbocycles. The number of nitrogens with zero attached hydrogens (tertiary/aromatic N) is 1. The van der Waals surface area contributed by atoms with Crippen LogP contribution in [0.2, 0.25) is 0 Å². The van der Waals surface area contributed by atoms with Gasteiger partial charge >= 0.3 is 0 Å². The van der Waals surface area contributed by atoms with Crippen molar-refractivity contribution in [3.8, 4) is 0 Å². The SMILES string of the molecule is CCCCC(=O)NCCCNc1nc(C)ccc1N.